The van der Waals surface area contributed by atoms with Crippen LogP contribution < -0.4 is 5.32 Å². The quantitative estimate of drug-likeness (QED) is 0.717. The van der Waals surface area contributed by atoms with E-state index in [1.807, 2.05) is 31.2 Å². The second kappa shape index (κ2) is 10.0. The molecule has 156 valence electrons. The van der Waals surface area contributed by atoms with Gasteiger partial charge in [-0.05, 0) is 56.2 Å². The van der Waals surface area contributed by atoms with Crippen molar-refractivity contribution < 1.29 is 13.2 Å². The number of rotatable bonds is 8. The van der Waals surface area contributed by atoms with Crippen LogP contribution in [0.3, 0.4) is 0 Å². The standard InChI is InChI=1S/C23H30N2O3S/c1-19(12-13-20-8-4-2-5-9-20)24-23(26)18-21-14-16-25(17-15-21)29(27,28)22-10-6-3-7-11-22/h2-11,19,21H,12-18H2,1H3,(H,24,26). The summed E-state index contributed by atoms with van der Waals surface area (Å²) < 4.78 is 26.9. The minimum absolute atomic E-state index is 0.0647. The van der Waals surface area contributed by atoms with Crippen molar-refractivity contribution in [3.63, 3.8) is 0 Å². The first-order valence-electron chi connectivity index (χ1n) is 10.3. The first-order chi connectivity index (χ1) is 13.9. The van der Waals surface area contributed by atoms with E-state index in [2.05, 4.69) is 17.4 Å². The van der Waals surface area contributed by atoms with Gasteiger partial charge in [-0.15, -0.1) is 0 Å². The first-order valence-corrected chi connectivity index (χ1v) is 11.8. The number of amides is 1. The zero-order valence-corrected chi connectivity index (χ0v) is 17.8. The lowest BCUT2D eigenvalue weighted by Gasteiger charge is -2.31. The molecule has 1 N–H and O–H groups in total. The van der Waals surface area contributed by atoms with Gasteiger partial charge in [0.1, 0.15) is 0 Å². The molecule has 2 aromatic rings. The monoisotopic (exact) mass is 414 g/mol. The van der Waals surface area contributed by atoms with Gasteiger partial charge in [-0.3, -0.25) is 4.79 Å². The van der Waals surface area contributed by atoms with Crippen LogP contribution in [0.2, 0.25) is 0 Å². The van der Waals surface area contributed by atoms with Gasteiger partial charge in [0, 0.05) is 25.6 Å². The predicted molar refractivity (Wildman–Crippen MR) is 115 cm³/mol. The molecule has 0 aliphatic carbocycles. The average molecular weight is 415 g/mol. The molecule has 1 fully saturated rings. The molecule has 1 unspecified atom stereocenters. The molecule has 1 aliphatic heterocycles. The topological polar surface area (TPSA) is 66.5 Å². The van der Waals surface area contributed by atoms with Crippen molar-refractivity contribution in [3.8, 4) is 0 Å². The zero-order chi connectivity index (χ0) is 20.7. The molecule has 3 rings (SSSR count). The summed E-state index contributed by atoms with van der Waals surface area (Å²) in [6, 6.07) is 18.9. The smallest absolute Gasteiger partial charge is 0.243 e. The first kappa shape index (κ1) is 21.5. The van der Waals surface area contributed by atoms with E-state index in [-0.39, 0.29) is 17.9 Å². The van der Waals surface area contributed by atoms with Crippen LogP contribution >= 0.6 is 0 Å². The highest BCUT2D eigenvalue weighted by molar-refractivity contribution is 7.89. The van der Waals surface area contributed by atoms with Crippen LogP contribution in [-0.2, 0) is 21.2 Å². The van der Waals surface area contributed by atoms with Gasteiger partial charge in [0.15, 0.2) is 0 Å². The van der Waals surface area contributed by atoms with E-state index in [4.69, 9.17) is 0 Å². The number of benzene rings is 2. The maximum absolute atomic E-state index is 12.7. The largest absolute Gasteiger partial charge is 0.354 e. The molecule has 29 heavy (non-hydrogen) atoms. The molecule has 1 saturated heterocycles. The summed E-state index contributed by atoms with van der Waals surface area (Å²) in [6.45, 7) is 2.98. The Hall–Kier alpha value is -2.18. The van der Waals surface area contributed by atoms with Crippen LogP contribution in [0.4, 0.5) is 0 Å². The van der Waals surface area contributed by atoms with E-state index >= 15 is 0 Å². The fourth-order valence-electron chi connectivity index (χ4n) is 3.79. The molecule has 0 aromatic heterocycles. The van der Waals surface area contributed by atoms with Crippen LogP contribution in [-0.4, -0.2) is 37.8 Å². The Kier molecular flexibility index (Phi) is 7.45. The highest BCUT2D eigenvalue weighted by atomic mass is 32.2. The molecule has 1 aliphatic rings. The Morgan fingerprint density at radius 3 is 2.24 bits per heavy atom. The highest BCUT2D eigenvalue weighted by Gasteiger charge is 2.30. The van der Waals surface area contributed by atoms with Crippen LogP contribution in [0.1, 0.15) is 38.2 Å². The summed E-state index contributed by atoms with van der Waals surface area (Å²) >= 11 is 0. The lowest BCUT2D eigenvalue weighted by atomic mass is 9.94. The fraction of sp³-hybridized carbons (Fsp3) is 0.435. The Bertz CT molecular complexity index is 877. The molecule has 0 radical (unpaired) electrons. The summed E-state index contributed by atoms with van der Waals surface area (Å²) in [5, 5.41) is 3.09. The molecular weight excluding hydrogens is 384 g/mol. The number of hydrogen-bond acceptors (Lipinski definition) is 3. The van der Waals surface area contributed by atoms with Gasteiger partial charge in [-0.1, -0.05) is 48.5 Å². The van der Waals surface area contributed by atoms with Gasteiger partial charge < -0.3 is 5.32 Å². The van der Waals surface area contributed by atoms with Crippen molar-refractivity contribution in [2.45, 2.75) is 50.0 Å². The van der Waals surface area contributed by atoms with Crippen molar-refractivity contribution in [2.24, 2.45) is 5.92 Å². The summed E-state index contributed by atoms with van der Waals surface area (Å²) in [7, 11) is -3.43. The summed E-state index contributed by atoms with van der Waals surface area (Å²) in [5.41, 5.74) is 1.28. The predicted octanol–water partition coefficient (Wildman–Crippen LogP) is 3.61. The van der Waals surface area contributed by atoms with Gasteiger partial charge in [-0.2, -0.15) is 4.31 Å². The van der Waals surface area contributed by atoms with Crippen molar-refractivity contribution >= 4 is 15.9 Å². The third-order valence-corrected chi connectivity index (χ3v) is 7.46. The minimum atomic E-state index is -3.43. The maximum Gasteiger partial charge on any atom is 0.243 e. The van der Waals surface area contributed by atoms with Crippen LogP contribution in [0.15, 0.2) is 65.6 Å². The third kappa shape index (κ3) is 6.15. The SMILES string of the molecule is CC(CCc1ccccc1)NC(=O)CC1CCN(S(=O)(=O)c2ccccc2)CC1. The molecule has 6 heteroatoms. The van der Waals surface area contributed by atoms with Gasteiger partial charge in [-0.25, -0.2) is 8.42 Å². The number of carbonyl (C=O) groups excluding carboxylic acids is 1. The lowest BCUT2D eigenvalue weighted by Crippen LogP contribution is -2.40. The van der Waals surface area contributed by atoms with Crippen LogP contribution in [0.25, 0.3) is 0 Å². The minimum Gasteiger partial charge on any atom is -0.354 e. The highest BCUT2D eigenvalue weighted by Crippen LogP contribution is 2.25. The number of nitrogens with one attached hydrogen (secondary N) is 1. The van der Waals surface area contributed by atoms with Crippen molar-refractivity contribution in [1.29, 1.82) is 0 Å². The molecule has 0 saturated carbocycles. The fourth-order valence-corrected chi connectivity index (χ4v) is 5.28. The van der Waals surface area contributed by atoms with E-state index < -0.39 is 10.0 Å². The Labute approximate surface area is 174 Å². The van der Waals surface area contributed by atoms with Crippen LogP contribution in [0.5, 0.6) is 0 Å². The Balaban J connectivity index is 1.41. The van der Waals surface area contributed by atoms with Crippen molar-refractivity contribution in [3.05, 3.63) is 66.2 Å². The average Bonchev–Trinajstić information content (AvgIpc) is 2.74. The lowest BCUT2D eigenvalue weighted by molar-refractivity contribution is -0.122. The second-order valence-corrected chi connectivity index (χ2v) is 9.80. The van der Waals surface area contributed by atoms with E-state index in [1.165, 1.54) is 5.56 Å². The normalized spacial score (nSPS) is 17.0. The van der Waals surface area contributed by atoms with Crippen LogP contribution in [0, 0.1) is 5.92 Å². The molecule has 1 atom stereocenters. The van der Waals surface area contributed by atoms with Gasteiger partial charge >= 0.3 is 0 Å². The summed E-state index contributed by atoms with van der Waals surface area (Å²) in [4.78, 5) is 12.7. The zero-order valence-electron chi connectivity index (χ0n) is 17.0. The molecule has 5 nitrogen and oxygen atoms in total. The van der Waals surface area contributed by atoms with E-state index in [9.17, 15) is 13.2 Å². The number of aryl methyl sites for hydroxylation is 1. The molecule has 1 amide bonds. The summed E-state index contributed by atoms with van der Waals surface area (Å²) in [6.07, 6.45) is 3.76. The molecule has 0 spiro atoms. The van der Waals surface area contributed by atoms with Gasteiger partial charge in [0.2, 0.25) is 15.9 Å². The van der Waals surface area contributed by atoms with Crippen molar-refractivity contribution in [1.82, 2.24) is 9.62 Å². The summed E-state index contributed by atoms with van der Waals surface area (Å²) in [5.74, 6) is 0.300. The van der Waals surface area contributed by atoms with E-state index in [0.29, 0.717) is 24.4 Å². The Morgan fingerprint density at radius 1 is 1.03 bits per heavy atom. The van der Waals surface area contributed by atoms with E-state index in [0.717, 1.165) is 25.7 Å². The Morgan fingerprint density at radius 2 is 1.62 bits per heavy atom. The molecule has 1 heterocycles. The molecular formula is C23H30N2O3S. The number of carbonyl (C=O) groups is 1. The van der Waals surface area contributed by atoms with E-state index in [1.54, 1.807) is 28.6 Å². The molecule has 0 bridgehead atoms. The number of hydrogen-bond donors (Lipinski definition) is 1. The van der Waals surface area contributed by atoms with Gasteiger partial charge in [0.25, 0.3) is 0 Å². The number of piperidine rings is 1. The van der Waals surface area contributed by atoms with Crippen molar-refractivity contribution in [2.75, 3.05) is 13.1 Å². The number of nitrogens with zero attached hydrogens (tertiary/aromatic N) is 1. The number of sulfonamides is 1. The third-order valence-electron chi connectivity index (χ3n) is 5.54. The maximum atomic E-state index is 12.7. The second-order valence-electron chi connectivity index (χ2n) is 7.86. The molecule has 2 aromatic carbocycles. The van der Waals surface area contributed by atoms with Gasteiger partial charge in [0.05, 0.1) is 4.90 Å².